The van der Waals surface area contributed by atoms with E-state index in [4.69, 9.17) is 14.2 Å². The standard InChI is InChI=1S/C17H23NO6S/c1-17(2,3)24-16(21)18-12(15(20)25)9-13(19)11-7-6-10(22-4)8-14(11)23-5/h6-8,12H,9H2,1-5H3,(H,18,21)(H,20,25). The maximum Gasteiger partial charge on any atom is 0.408 e. The minimum Gasteiger partial charge on any atom is -0.497 e. The molecule has 0 bridgehead atoms. The first kappa shape index (κ1) is 20.8. The van der Waals surface area contributed by atoms with E-state index < -0.39 is 22.9 Å². The summed E-state index contributed by atoms with van der Waals surface area (Å²) in [5, 5.41) is 1.71. The molecule has 1 aromatic rings. The molecule has 1 aromatic carbocycles. The van der Waals surface area contributed by atoms with E-state index in [-0.39, 0.29) is 17.8 Å². The average Bonchev–Trinajstić information content (AvgIpc) is 2.51. The van der Waals surface area contributed by atoms with E-state index in [1.54, 1.807) is 32.9 Å². The van der Waals surface area contributed by atoms with Crippen LogP contribution in [0, 0.1) is 0 Å². The van der Waals surface area contributed by atoms with Gasteiger partial charge < -0.3 is 19.5 Å². The molecule has 0 radical (unpaired) electrons. The van der Waals surface area contributed by atoms with Crippen molar-refractivity contribution in [2.45, 2.75) is 38.8 Å². The van der Waals surface area contributed by atoms with Gasteiger partial charge in [-0.25, -0.2) is 4.79 Å². The lowest BCUT2D eigenvalue weighted by molar-refractivity contribution is -0.112. The number of ketones is 1. The molecule has 0 aliphatic carbocycles. The van der Waals surface area contributed by atoms with Crippen molar-refractivity contribution in [3.63, 3.8) is 0 Å². The largest absolute Gasteiger partial charge is 0.497 e. The number of hydrogen-bond acceptors (Lipinski definition) is 6. The highest BCUT2D eigenvalue weighted by Gasteiger charge is 2.26. The predicted octanol–water partition coefficient (Wildman–Crippen LogP) is 2.63. The molecule has 1 atom stereocenters. The second kappa shape index (κ2) is 8.75. The third-order valence-corrected chi connectivity index (χ3v) is 3.40. The predicted molar refractivity (Wildman–Crippen MR) is 95.6 cm³/mol. The van der Waals surface area contributed by atoms with Crippen molar-refractivity contribution in [3.8, 4) is 11.5 Å². The van der Waals surface area contributed by atoms with Crippen LogP contribution in [0.2, 0.25) is 0 Å². The van der Waals surface area contributed by atoms with Gasteiger partial charge >= 0.3 is 6.09 Å². The summed E-state index contributed by atoms with van der Waals surface area (Å²) in [6, 6.07) is 3.59. The number of alkyl carbamates (subject to hydrolysis) is 1. The molecule has 0 heterocycles. The van der Waals surface area contributed by atoms with Crippen LogP contribution in [0.5, 0.6) is 11.5 Å². The molecule has 0 saturated carbocycles. The van der Waals surface area contributed by atoms with Gasteiger partial charge in [-0.15, -0.1) is 12.6 Å². The Labute approximate surface area is 152 Å². The highest BCUT2D eigenvalue weighted by Crippen LogP contribution is 2.26. The third kappa shape index (κ3) is 6.66. The molecule has 1 rings (SSSR count). The zero-order valence-electron chi connectivity index (χ0n) is 14.9. The Morgan fingerprint density at radius 1 is 1.16 bits per heavy atom. The van der Waals surface area contributed by atoms with Crippen LogP contribution in [0.3, 0.4) is 0 Å². The average molecular weight is 369 g/mol. The summed E-state index contributed by atoms with van der Waals surface area (Å²) >= 11 is 3.73. The zero-order valence-corrected chi connectivity index (χ0v) is 15.8. The van der Waals surface area contributed by atoms with Gasteiger partial charge in [0.05, 0.1) is 19.8 Å². The van der Waals surface area contributed by atoms with Crippen molar-refractivity contribution in [2.24, 2.45) is 0 Å². The van der Waals surface area contributed by atoms with Crippen LogP contribution in [0.15, 0.2) is 18.2 Å². The molecule has 8 heteroatoms. The number of carbonyl (C=O) groups excluding carboxylic acids is 3. The minimum absolute atomic E-state index is 0.272. The highest BCUT2D eigenvalue weighted by atomic mass is 32.1. The molecule has 0 fully saturated rings. The fourth-order valence-electron chi connectivity index (χ4n) is 1.97. The van der Waals surface area contributed by atoms with Crippen LogP contribution < -0.4 is 14.8 Å². The second-order valence-corrected chi connectivity index (χ2v) is 6.67. The molecule has 1 unspecified atom stereocenters. The quantitative estimate of drug-likeness (QED) is 0.567. The Kier molecular flexibility index (Phi) is 7.29. The van der Waals surface area contributed by atoms with Gasteiger partial charge in [-0.05, 0) is 32.9 Å². The molecular formula is C17H23NO6S. The Morgan fingerprint density at radius 2 is 1.80 bits per heavy atom. The summed E-state index contributed by atoms with van der Waals surface area (Å²) in [6.45, 7) is 5.08. The van der Waals surface area contributed by atoms with Crippen molar-refractivity contribution < 1.29 is 28.6 Å². The molecule has 0 aliphatic rings. The minimum atomic E-state index is -1.11. The fraction of sp³-hybridized carbons (Fsp3) is 0.471. The van der Waals surface area contributed by atoms with Crippen LogP contribution in [0.25, 0.3) is 0 Å². The van der Waals surface area contributed by atoms with Gasteiger partial charge in [0.2, 0.25) is 5.12 Å². The van der Waals surface area contributed by atoms with Gasteiger partial charge in [-0.2, -0.15) is 0 Å². The van der Waals surface area contributed by atoms with E-state index in [9.17, 15) is 14.4 Å². The van der Waals surface area contributed by atoms with Gasteiger partial charge in [0, 0.05) is 12.5 Å². The SMILES string of the molecule is COc1ccc(C(=O)CC(NC(=O)OC(C)(C)C)C(=O)S)c(OC)c1. The van der Waals surface area contributed by atoms with Gasteiger partial charge in [0.25, 0.3) is 0 Å². The topological polar surface area (TPSA) is 90.9 Å². The number of nitrogens with one attached hydrogen (secondary N) is 1. The number of rotatable bonds is 7. The molecule has 0 aliphatic heterocycles. The maximum atomic E-state index is 12.5. The van der Waals surface area contributed by atoms with Gasteiger partial charge in [0.15, 0.2) is 5.78 Å². The monoisotopic (exact) mass is 369 g/mol. The number of Topliss-reactive ketones (excluding diaryl/α,β-unsaturated/α-hetero) is 1. The molecule has 7 nitrogen and oxygen atoms in total. The smallest absolute Gasteiger partial charge is 0.408 e. The summed E-state index contributed by atoms with van der Waals surface area (Å²) in [4.78, 5) is 36.0. The lowest BCUT2D eigenvalue weighted by Gasteiger charge is -2.22. The number of amides is 1. The van der Waals surface area contributed by atoms with Gasteiger partial charge in [-0.3, -0.25) is 9.59 Å². The number of methoxy groups -OCH3 is 2. The number of carbonyl (C=O) groups is 3. The number of hydrogen-bond donors (Lipinski definition) is 2. The first-order valence-corrected chi connectivity index (χ1v) is 7.99. The summed E-state index contributed by atoms with van der Waals surface area (Å²) in [6.07, 6.45) is -1.07. The molecule has 0 saturated heterocycles. The first-order chi connectivity index (χ1) is 11.6. The normalized spacial score (nSPS) is 12.1. The van der Waals surface area contributed by atoms with E-state index in [1.165, 1.54) is 20.3 Å². The van der Waals surface area contributed by atoms with Gasteiger partial charge in [0.1, 0.15) is 23.1 Å². The summed E-state index contributed by atoms with van der Waals surface area (Å²) < 4.78 is 15.4. The zero-order chi connectivity index (χ0) is 19.2. The van der Waals surface area contributed by atoms with E-state index in [2.05, 4.69) is 17.9 Å². The Morgan fingerprint density at radius 3 is 2.28 bits per heavy atom. The van der Waals surface area contributed by atoms with Crippen molar-refractivity contribution in [1.82, 2.24) is 5.32 Å². The van der Waals surface area contributed by atoms with Crippen LogP contribution in [0.1, 0.15) is 37.6 Å². The summed E-state index contributed by atoms with van der Waals surface area (Å²) in [5.74, 6) is 0.456. The Balaban J connectivity index is 2.90. The van der Waals surface area contributed by atoms with Gasteiger partial charge in [-0.1, -0.05) is 0 Å². The van der Waals surface area contributed by atoms with Crippen LogP contribution in [-0.2, 0) is 9.53 Å². The van der Waals surface area contributed by atoms with E-state index in [0.29, 0.717) is 11.5 Å². The highest BCUT2D eigenvalue weighted by molar-refractivity contribution is 7.96. The van der Waals surface area contributed by atoms with Crippen molar-refractivity contribution >= 4 is 29.6 Å². The molecule has 138 valence electrons. The molecule has 0 spiro atoms. The number of ether oxygens (including phenoxy) is 3. The van der Waals surface area contributed by atoms with Crippen LogP contribution >= 0.6 is 12.6 Å². The lowest BCUT2D eigenvalue weighted by Crippen LogP contribution is -2.43. The lowest BCUT2D eigenvalue weighted by atomic mass is 10.0. The molecular weight excluding hydrogens is 346 g/mol. The Hall–Kier alpha value is -2.22. The fourth-order valence-corrected chi connectivity index (χ4v) is 2.13. The van der Waals surface area contributed by atoms with Crippen LogP contribution in [-0.4, -0.2) is 42.9 Å². The van der Waals surface area contributed by atoms with E-state index in [0.717, 1.165) is 0 Å². The molecule has 0 aromatic heterocycles. The van der Waals surface area contributed by atoms with Crippen molar-refractivity contribution in [1.29, 1.82) is 0 Å². The van der Waals surface area contributed by atoms with E-state index >= 15 is 0 Å². The van der Waals surface area contributed by atoms with Crippen molar-refractivity contribution in [3.05, 3.63) is 23.8 Å². The van der Waals surface area contributed by atoms with E-state index in [1.807, 2.05) is 0 Å². The molecule has 1 amide bonds. The first-order valence-electron chi connectivity index (χ1n) is 7.55. The third-order valence-electron chi connectivity index (χ3n) is 3.09. The number of thiol groups is 1. The summed E-state index contributed by atoms with van der Waals surface area (Å²) in [7, 11) is 2.92. The summed E-state index contributed by atoms with van der Waals surface area (Å²) in [5.41, 5.74) is -0.453. The van der Waals surface area contributed by atoms with Crippen molar-refractivity contribution in [2.75, 3.05) is 14.2 Å². The van der Waals surface area contributed by atoms with Crippen LogP contribution in [0.4, 0.5) is 4.79 Å². The Bertz CT molecular complexity index is 653. The number of benzene rings is 1. The maximum absolute atomic E-state index is 12.5. The second-order valence-electron chi connectivity index (χ2n) is 6.23. The molecule has 1 N–H and O–H groups in total. The molecule has 25 heavy (non-hydrogen) atoms.